The summed E-state index contributed by atoms with van der Waals surface area (Å²) in [5.74, 6) is 5.68. The van der Waals surface area contributed by atoms with Gasteiger partial charge in [-0.25, -0.2) is 5.43 Å². The van der Waals surface area contributed by atoms with Crippen molar-refractivity contribution in [3.63, 3.8) is 0 Å². The van der Waals surface area contributed by atoms with Crippen LogP contribution < -0.4 is 11.3 Å². The van der Waals surface area contributed by atoms with Gasteiger partial charge in [0.15, 0.2) is 0 Å². The summed E-state index contributed by atoms with van der Waals surface area (Å²) < 4.78 is 0. The van der Waals surface area contributed by atoms with Gasteiger partial charge in [0.2, 0.25) is 0 Å². The van der Waals surface area contributed by atoms with Crippen LogP contribution in [0.15, 0.2) is 42.5 Å². The van der Waals surface area contributed by atoms with Crippen molar-refractivity contribution in [3.05, 3.63) is 69.7 Å². The van der Waals surface area contributed by atoms with Crippen molar-refractivity contribution < 1.29 is 0 Å². The number of nitrogens with one attached hydrogen (secondary N) is 1. The molecule has 0 aliphatic carbocycles. The number of halogens is 1. The van der Waals surface area contributed by atoms with Gasteiger partial charge in [-0.15, -0.1) is 0 Å². The van der Waals surface area contributed by atoms with E-state index in [1.165, 1.54) is 5.56 Å². The molecule has 0 aliphatic rings. The maximum atomic E-state index is 6.04. The van der Waals surface area contributed by atoms with E-state index in [0.29, 0.717) is 0 Å². The van der Waals surface area contributed by atoms with Gasteiger partial charge in [0.05, 0.1) is 6.04 Å². The molecule has 18 heavy (non-hydrogen) atoms. The molecule has 1 unspecified atom stereocenters. The Kier molecular flexibility index (Phi) is 4.02. The molecule has 0 radical (unpaired) electrons. The second kappa shape index (κ2) is 5.53. The van der Waals surface area contributed by atoms with Crippen LogP contribution >= 0.6 is 11.6 Å². The first-order chi connectivity index (χ1) is 8.61. The Morgan fingerprint density at radius 3 is 2.17 bits per heavy atom. The largest absolute Gasteiger partial charge is 0.271 e. The van der Waals surface area contributed by atoms with Crippen LogP contribution in [0.2, 0.25) is 5.02 Å². The summed E-state index contributed by atoms with van der Waals surface area (Å²) in [7, 11) is 0. The summed E-state index contributed by atoms with van der Waals surface area (Å²) >= 11 is 6.04. The molecule has 0 fully saturated rings. The van der Waals surface area contributed by atoms with Crippen molar-refractivity contribution in [1.82, 2.24) is 5.43 Å². The minimum atomic E-state index is -0.0124. The van der Waals surface area contributed by atoms with E-state index in [4.69, 9.17) is 17.4 Å². The zero-order valence-electron chi connectivity index (χ0n) is 10.6. The van der Waals surface area contributed by atoms with Gasteiger partial charge in [-0.2, -0.15) is 0 Å². The summed E-state index contributed by atoms with van der Waals surface area (Å²) in [6, 6.07) is 14.3. The minimum absolute atomic E-state index is 0.0124. The molecule has 2 rings (SSSR count). The van der Waals surface area contributed by atoms with Gasteiger partial charge >= 0.3 is 0 Å². The fourth-order valence-corrected chi connectivity index (χ4v) is 2.11. The van der Waals surface area contributed by atoms with E-state index in [1.807, 2.05) is 19.1 Å². The Bertz CT molecular complexity index is 535. The molecule has 3 N–H and O–H groups in total. The molecule has 2 nitrogen and oxygen atoms in total. The van der Waals surface area contributed by atoms with Crippen LogP contribution in [0, 0.1) is 13.8 Å². The normalized spacial score (nSPS) is 12.4. The minimum Gasteiger partial charge on any atom is -0.271 e. The Morgan fingerprint density at radius 2 is 1.61 bits per heavy atom. The Balaban J connectivity index is 2.38. The maximum absolute atomic E-state index is 6.04. The number of aryl methyl sites for hydroxylation is 2. The average Bonchev–Trinajstić information content (AvgIpc) is 2.37. The zero-order chi connectivity index (χ0) is 13.1. The van der Waals surface area contributed by atoms with Gasteiger partial charge in [0.1, 0.15) is 0 Å². The lowest BCUT2D eigenvalue weighted by Gasteiger charge is -2.18. The molecule has 0 spiro atoms. The molecular weight excluding hydrogens is 244 g/mol. The monoisotopic (exact) mass is 260 g/mol. The molecule has 0 saturated heterocycles. The van der Waals surface area contributed by atoms with E-state index in [0.717, 1.165) is 21.7 Å². The molecule has 0 bridgehead atoms. The van der Waals surface area contributed by atoms with Gasteiger partial charge in [0, 0.05) is 5.02 Å². The van der Waals surface area contributed by atoms with Crippen molar-refractivity contribution in [3.8, 4) is 0 Å². The molecule has 2 aromatic rings. The van der Waals surface area contributed by atoms with E-state index >= 15 is 0 Å². The summed E-state index contributed by atoms with van der Waals surface area (Å²) in [5, 5.41) is 0.776. The molecule has 0 amide bonds. The highest BCUT2D eigenvalue weighted by Crippen LogP contribution is 2.25. The number of rotatable bonds is 3. The second-order valence-corrected chi connectivity index (χ2v) is 4.93. The summed E-state index contributed by atoms with van der Waals surface area (Å²) in [6.07, 6.45) is 0. The van der Waals surface area contributed by atoms with E-state index in [2.05, 4.69) is 42.7 Å². The first-order valence-electron chi connectivity index (χ1n) is 5.90. The van der Waals surface area contributed by atoms with Crippen LogP contribution in [-0.4, -0.2) is 0 Å². The van der Waals surface area contributed by atoms with Crippen molar-refractivity contribution in [2.45, 2.75) is 19.9 Å². The topological polar surface area (TPSA) is 38.0 Å². The number of hydrogen-bond acceptors (Lipinski definition) is 2. The van der Waals surface area contributed by atoms with Crippen LogP contribution in [0.3, 0.4) is 0 Å². The highest BCUT2D eigenvalue weighted by atomic mass is 35.5. The molecule has 2 aromatic carbocycles. The number of hydrazine groups is 1. The molecule has 0 saturated carbocycles. The van der Waals surface area contributed by atoms with Crippen LogP contribution in [0.1, 0.15) is 28.3 Å². The van der Waals surface area contributed by atoms with Crippen LogP contribution in [-0.2, 0) is 0 Å². The molecule has 3 heteroatoms. The van der Waals surface area contributed by atoms with Gasteiger partial charge in [-0.05, 0) is 36.6 Å². The molecule has 0 aromatic heterocycles. The number of benzene rings is 2. The third kappa shape index (κ3) is 2.72. The van der Waals surface area contributed by atoms with Gasteiger partial charge in [0.25, 0.3) is 0 Å². The molecule has 1 atom stereocenters. The highest BCUT2D eigenvalue weighted by Gasteiger charge is 2.12. The Hall–Kier alpha value is -1.35. The Morgan fingerprint density at radius 1 is 1.00 bits per heavy atom. The van der Waals surface area contributed by atoms with E-state index < -0.39 is 0 Å². The van der Waals surface area contributed by atoms with Crippen LogP contribution in [0.4, 0.5) is 0 Å². The first-order valence-corrected chi connectivity index (χ1v) is 6.28. The lowest BCUT2D eigenvalue weighted by atomic mass is 9.97. The SMILES string of the molecule is Cc1ccc(C(NN)c2ccc(Cl)c(C)c2)cc1. The highest BCUT2D eigenvalue weighted by molar-refractivity contribution is 6.31. The van der Waals surface area contributed by atoms with Gasteiger partial charge < -0.3 is 0 Å². The lowest BCUT2D eigenvalue weighted by Crippen LogP contribution is -2.28. The van der Waals surface area contributed by atoms with Crippen LogP contribution in [0.25, 0.3) is 0 Å². The van der Waals surface area contributed by atoms with E-state index in [9.17, 15) is 0 Å². The summed E-state index contributed by atoms with van der Waals surface area (Å²) in [6.45, 7) is 4.07. The predicted molar refractivity (Wildman–Crippen MR) is 76.5 cm³/mol. The predicted octanol–water partition coefficient (Wildman–Crippen LogP) is 3.51. The van der Waals surface area contributed by atoms with Crippen molar-refractivity contribution in [2.24, 2.45) is 5.84 Å². The standard InChI is InChI=1S/C15H17ClN2/c1-10-3-5-12(6-4-10)15(18-17)13-7-8-14(16)11(2)9-13/h3-9,15,18H,17H2,1-2H3. The third-order valence-corrected chi connectivity index (χ3v) is 3.52. The van der Waals surface area contributed by atoms with Gasteiger partial charge in [-0.3, -0.25) is 5.84 Å². The number of nitrogens with two attached hydrogens (primary N) is 1. The number of hydrogen-bond donors (Lipinski definition) is 2. The molecular formula is C15H17ClN2. The van der Waals surface area contributed by atoms with Crippen molar-refractivity contribution in [1.29, 1.82) is 0 Å². The van der Waals surface area contributed by atoms with Gasteiger partial charge in [-0.1, -0.05) is 53.6 Å². The third-order valence-electron chi connectivity index (χ3n) is 3.09. The molecule has 0 heterocycles. The lowest BCUT2D eigenvalue weighted by molar-refractivity contribution is 0.636. The summed E-state index contributed by atoms with van der Waals surface area (Å²) in [4.78, 5) is 0. The first kappa shape index (κ1) is 13.1. The van der Waals surface area contributed by atoms with E-state index in [-0.39, 0.29) is 6.04 Å². The van der Waals surface area contributed by atoms with Crippen molar-refractivity contribution in [2.75, 3.05) is 0 Å². The van der Waals surface area contributed by atoms with Crippen LogP contribution in [0.5, 0.6) is 0 Å². The van der Waals surface area contributed by atoms with Crippen molar-refractivity contribution >= 4 is 11.6 Å². The second-order valence-electron chi connectivity index (χ2n) is 4.52. The average molecular weight is 261 g/mol. The zero-order valence-corrected chi connectivity index (χ0v) is 11.3. The Labute approximate surface area is 113 Å². The molecule has 0 aliphatic heterocycles. The molecule has 94 valence electrons. The maximum Gasteiger partial charge on any atom is 0.0710 e. The quantitative estimate of drug-likeness (QED) is 0.655. The van der Waals surface area contributed by atoms with E-state index in [1.54, 1.807) is 0 Å². The summed E-state index contributed by atoms with van der Waals surface area (Å²) in [5.41, 5.74) is 7.41. The fraction of sp³-hybridized carbons (Fsp3) is 0.200. The smallest absolute Gasteiger partial charge is 0.0710 e. The fourth-order valence-electron chi connectivity index (χ4n) is 1.99.